The zero-order chi connectivity index (χ0) is 14.5. The number of hydrogen-bond acceptors (Lipinski definition) is 1. The predicted octanol–water partition coefficient (Wildman–Crippen LogP) is 4.29. The molecule has 0 saturated heterocycles. The largest absolute Gasteiger partial charge is 0.351 e. The zero-order valence-electron chi connectivity index (χ0n) is 11.7. The van der Waals surface area contributed by atoms with Gasteiger partial charge in [0.15, 0.2) is 0 Å². The van der Waals surface area contributed by atoms with E-state index in [1.54, 1.807) is 0 Å². The van der Waals surface area contributed by atoms with Crippen molar-refractivity contribution in [2.75, 3.05) is 6.54 Å². The molecule has 0 radical (unpaired) electrons. The van der Waals surface area contributed by atoms with Crippen LogP contribution in [0.5, 0.6) is 0 Å². The summed E-state index contributed by atoms with van der Waals surface area (Å²) in [5.74, 6) is 0.254. The number of carbonyl (C=O) groups is 1. The highest BCUT2D eigenvalue weighted by Crippen LogP contribution is 2.19. The number of benzene rings is 2. The van der Waals surface area contributed by atoms with Crippen LogP contribution in [-0.4, -0.2) is 12.5 Å². The summed E-state index contributed by atoms with van der Waals surface area (Å²) in [5, 5.41) is 2.99. The summed E-state index contributed by atoms with van der Waals surface area (Å²) in [6.07, 6.45) is 0. The lowest BCUT2D eigenvalue weighted by atomic mass is 10.0. The molecule has 0 spiro atoms. The molecule has 20 heavy (non-hydrogen) atoms. The molecule has 104 valence electrons. The van der Waals surface area contributed by atoms with Crippen LogP contribution in [0.1, 0.15) is 34.3 Å². The fourth-order valence-corrected chi connectivity index (χ4v) is 2.72. The third kappa shape index (κ3) is 3.70. The molecule has 0 saturated carbocycles. The highest BCUT2D eigenvalue weighted by Gasteiger charge is 2.11. The van der Waals surface area contributed by atoms with Gasteiger partial charge in [0.1, 0.15) is 0 Å². The first-order valence-electron chi connectivity index (χ1n) is 6.67. The number of halogens is 1. The monoisotopic (exact) mass is 331 g/mol. The Bertz CT molecular complexity index is 595. The van der Waals surface area contributed by atoms with E-state index in [1.165, 1.54) is 5.56 Å². The second-order valence-corrected chi connectivity index (χ2v) is 5.86. The fourth-order valence-electron chi connectivity index (χ4n) is 2.04. The van der Waals surface area contributed by atoms with E-state index in [2.05, 4.69) is 40.3 Å². The summed E-state index contributed by atoms with van der Waals surface area (Å²) in [6, 6.07) is 15.9. The van der Waals surface area contributed by atoms with Gasteiger partial charge in [0.05, 0.1) is 5.56 Å². The smallest absolute Gasteiger partial charge is 0.252 e. The number of aryl methyl sites for hydroxylation is 1. The molecule has 0 heterocycles. The Hall–Kier alpha value is -1.61. The molecule has 0 aliphatic heterocycles. The number of nitrogens with one attached hydrogen (secondary N) is 1. The Kier molecular flexibility index (Phi) is 4.96. The Morgan fingerprint density at radius 2 is 1.90 bits per heavy atom. The van der Waals surface area contributed by atoms with Gasteiger partial charge in [-0.05, 0) is 52.0 Å². The van der Waals surface area contributed by atoms with Crippen molar-refractivity contribution in [1.82, 2.24) is 5.32 Å². The maximum Gasteiger partial charge on any atom is 0.252 e. The molecule has 2 rings (SSSR count). The molecule has 2 nitrogen and oxygen atoms in total. The van der Waals surface area contributed by atoms with E-state index < -0.39 is 0 Å². The van der Waals surface area contributed by atoms with Gasteiger partial charge in [0, 0.05) is 11.0 Å². The van der Waals surface area contributed by atoms with Crippen molar-refractivity contribution in [2.45, 2.75) is 19.8 Å². The normalized spacial score (nSPS) is 11.9. The lowest BCUT2D eigenvalue weighted by molar-refractivity contribution is 0.0951. The van der Waals surface area contributed by atoms with Gasteiger partial charge in [-0.2, -0.15) is 0 Å². The molecule has 0 bridgehead atoms. The van der Waals surface area contributed by atoms with Crippen LogP contribution in [0, 0.1) is 6.92 Å². The molecular formula is C17H18BrNO. The molecule has 1 N–H and O–H groups in total. The lowest BCUT2D eigenvalue weighted by Gasteiger charge is -2.13. The highest BCUT2D eigenvalue weighted by atomic mass is 79.9. The van der Waals surface area contributed by atoms with Crippen molar-refractivity contribution in [2.24, 2.45) is 0 Å². The summed E-state index contributed by atoms with van der Waals surface area (Å²) >= 11 is 3.44. The van der Waals surface area contributed by atoms with Crippen LogP contribution in [0.3, 0.4) is 0 Å². The number of amides is 1. The number of rotatable bonds is 4. The Morgan fingerprint density at radius 1 is 1.20 bits per heavy atom. The van der Waals surface area contributed by atoms with Crippen LogP contribution < -0.4 is 5.32 Å². The van der Waals surface area contributed by atoms with E-state index in [1.807, 2.05) is 43.3 Å². The van der Waals surface area contributed by atoms with Crippen LogP contribution in [0.4, 0.5) is 0 Å². The van der Waals surface area contributed by atoms with E-state index in [4.69, 9.17) is 0 Å². The fraction of sp³-hybridized carbons (Fsp3) is 0.235. The molecule has 1 unspecified atom stereocenters. The Labute approximate surface area is 128 Å². The van der Waals surface area contributed by atoms with Gasteiger partial charge in [-0.1, -0.05) is 43.3 Å². The molecule has 0 fully saturated rings. The molecule has 1 atom stereocenters. The minimum atomic E-state index is -0.0420. The summed E-state index contributed by atoms with van der Waals surface area (Å²) < 4.78 is 0.836. The predicted molar refractivity (Wildman–Crippen MR) is 86.1 cm³/mol. The summed E-state index contributed by atoms with van der Waals surface area (Å²) in [7, 11) is 0. The molecular weight excluding hydrogens is 314 g/mol. The minimum Gasteiger partial charge on any atom is -0.351 e. The quantitative estimate of drug-likeness (QED) is 0.889. The first-order valence-corrected chi connectivity index (χ1v) is 7.46. The van der Waals surface area contributed by atoms with Crippen molar-refractivity contribution in [3.8, 4) is 0 Å². The number of carbonyl (C=O) groups excluding carboxylic acids is 1. The third-order valence-electron chi connectivity index (χ3n) is 3.31. The SMILES string of the molecule is Cc1ccc(C(=O)NCC(C)c2ccccc2)c(Br)c1. The minimum absolute atomic E-state index is 0.0420. The van der Waals surface area contributed by atoms with E-state index >= 15 is 0 Å². The second-order valence-electron chi connectivity index (χ2n) is 5.01. The van der Waals surface area contributed by atoms with Crippen LogP contribution in [-0.2, 0) is 0 Å². The molecule has 0 aliphatic rings. The Balaban J connectivity index is 1.99. The third-order valence-corrected chi connectivity index (χ3v) is 3.96. The summed E-state index contributed by atoms with van der Waals surface area (Å²) in [4.78, 5) is 12.2. The molecule has 1 amide bonds. The first-order chi connectivity index (χ1) is 9.58. The molecule has 3 heteroatoms. The van der Waals surface area contributed by atoms with Crippen LogP contribution in [0.2, 0.25) is 0 Å². The molecule has 0 aliphatic carbocycles. The van der Waals surface area contributed by atoms with Crippen molar-refractivity contribution < 1.29 is 4.79 Å². The zero-order valence-corrected chi connectivity index (χ0v) is 13.3. The standard InChI is InChI=1S/C17H18BrNO/c1-12-8-9-15(16(18)10-12)17(20)19-11-13(2)14-6-4-3-5-7-14/h3-10,13H,11H2,1-2H3,(H,19,20). The van der Waals surface area contributed by atoms with Crippen molar-refractivity contribution in [1.29, 1.82) is 0 Å². The lowest BCUT2D eigenvalue weighted by Crippen LogP contribution is -2.27. The summed E-state index contributed by atoms with van der Waals surface area (Å²) in [6.45, 7) is 4.74. The average Bonchev–Trinajstić information content (AvgIpc) is 2.45. The topological polar surface area (TPSA) is 29.1 Å². The second kappa shape index (κ2) is 6.71. The van der Waals surface area contributed by atoms with Crippen LogP contribution in [0.25, 0.3) is 0 Å². The Morgan fingerprint density at radius 3 is 2.55 bits per heavy atom. The van der Waals surface area contributed by atoms with Gasteiger partial charge in [-0.25, -0.2) is 0 Å². The molecule has 2 aromatic rings. The van der Waals surface area contributed by atoms with Gasteiger partial charge in [0.2, 0.25) is 0 Å². The van der Waals surface area contributed by atoms with Gasteiger partial charge < -0.3 is 5.32 Å². The highest BCUT2D eigenvalue weighted by molar-refractivity contribution is 9.10. The maximum atomic E-state index is 12.2. The van der Waals surface area contributed by atoms with E-state index in [-0.39, 0.29) is 5.91 Å². The van der Waals surface area contributed by atoms with E-state index in [0.717, 1.165) is 10.0 Å². The van der Waals surface area contributed by atoms with E-state index in [0.29, 0.717) is 18.0 Å². The van der Waals surface area contributed by atoms with Crippen molar-refractivity contribution in [3.63, 3.8) is 0 Å². The van der Waals surface area contributed by atoms with Gasteiger partial charge >= 0.3 is 0 Å². The van der Waals surface area contributed by atoms with Crippen LogP contribution >= 0.6 is 15.9 Å². The summed E-state index contributed by atoms with van der Waals surface area (Å²) in [5.41, 5.74) is 3.04. The molecule has 2 aromatic carbocycles. The maximum absolute atomic E-state index is 12.2. The average molecular weight is 332 g/mol. The van der Waals surface area contributed by atoms with Gasteiger partial charge in [0.25, 0.3) is 5.91 Å². The van der Waals surface area contributed by atoms with Gasteiger partial charge in [-0.15, -0.1) is 0 Å². The van der Waals surface area contributed by atoms with Crippen molar-refractivity contribution >= 4 is 21.8 Å². The van der Waals surface area contributed by atoms with Crippen molar-refractivity contribution in [3.05, 3.63) is 69.7 Å². The van der Waals surface area contributed by atoms with Gasteiger partial charge in [-0.3, -0.25) is 4.79 Å². The molecule has 0 aromatic heterocycles. The number of hydrogen-bond donors (Lipinski definition) is 1. The van der Waals surface area contributed by atoms with Crippen LogP contribution in [0.15, 0.2) is 53.0 Å². The van der Waals surface area contributed by atoms with E-state index in [9.17, 15) is 4.79 Å². The first kappa shape index (κ1) is 14.8.